The summed E-state index contributed by atoms with van der Waals surface area (Å²) >= 11 is 6.39. The molecule has 4 atom stereocenters. The minimum Gasteiger partial charge on any atom is -0.490 e. The molecular weight excluding hydrogens is 562 g/mol. The first-order valence-electron chi connectivity index (χ1n) is 14.5. The number of carbonyl (C=O) groups is 1. The molecule has 2 aromatic rings. The molecule has 2 aliphatic carbocycles. The van der Waals surface area contributed by atoms with Crippen LogP contribution in [0.3, 0.4) is 0 Å². The van der Waals surface area contributed by atoms with Crippen LogP contribution in [0.15, 0.2) is 53.4 Å². The third-order valence-electron chi connectivity index (χ3n) is 9.47. The van der Waals surface area contributed by atoms with Gasteiger partial charge in [0.25, 0.3) is 10.0 Å². The Balaban J connectivity index is 1.44. The number of aryl methyl sites for hydroxylation is 1. The van der Waals surface area contributed by atoms with E-state index >= 15 is 0 Å². The van der Waals surface area contributed by atoms with Crippen molar-refractivity contribution >= 4 is 33.3 Å². The summed E-state index contributed by atoms with van der Waals surface area (Å²) < 4.78 is 41.4. The summed E-state index contributed by atoms with van der Waals surface area (Å²) in [5.74, 6) is 1.40. The predicted octanol–water partition coefficient (Wildman–Crippen LogP) is 5.14. The normalized spacial score (nSPS) is 30.2. The van der Waals surface area contributed by atoms with Crippen molar-refractivity contribution in [3.63, 3.8) is 0 Å². The second kappa shape index (κ2) is 11.2. The molecule has 2 aliphatic heterocycles. The van der Waals surface area contributed by atoms with Crippen molar-refractivity contribution in [1.82, 2.24) is 9.62 Å². The molecule has 0 saturated heterocycles. The van der Waals surface area contributed by atoms with E-state index in [4.69, 9.17) is 21.1 Å². The molecular formula is C31H38ClN3O5S. The molecule has 2 heterocycles. The van der Waals surface area contributed by atoms with Crippen molar-refractivity contribution in [2.24, 2.45) is 11.8 Å². The average Bonchev–Trinajstić information content (AvgIpc) is 3.08. The summed E-state index contributed by atoms with van der Waals surface area (Å²) in [4.78, 5) is 16.5. The first kappa shape index (κ1) is 28.4. The molecule has 8 nitrogen and oxygen atoms in total. The average molecular weight is 600 g/mol. The molecule has 2 amide bonds. The number of halogens is 1. The topological polar surface area (TPSA) is 88.2 Å². The molecule has 41 heavy (non-hydrogen) atoms. The van der Waals surface area contributed by atoms with E-state index in [9.17, 15) is 13.2 Å². The lowest BCUT2D eigenvalue weighted by Crippen LogP contribution is -2.49. The number of hydrogen-bond acceptors (Lipinski definition) is 6. The maximum atomic E-state index is 13.4. The molecule has 2 bridgehead atoms. The first-order chi connectivity index (χ1) is 19.7. The third kappa shape index (κ3) is 5.44. The van der Waals surface area contributed by atoms with Crippen LogP contribution >= 0.6 is 11.6 Å². The number of ether oxygens (including phenoxy) is 2. The zero-order valence-corrected chi connectivity index (χ0v) is 25.2. The highest BCUT2D eigenvalue weighted by atomic mass is 35.5. The van der Waals surface area contributed by atoms with Crippen molar-refractivity contribution in [3.8, 4) is 5.75 Å². The number of rotatable bonds is 1. The van der Waals surface area contributed by atoms with Gasteiger partial charge in [0.05, 0.1) is 23.3 Å². The van der Waals surface area contributed by atoms with Crippen LogP contribution in [0.5, 0.6) is 5.75 Å². The second-order valence-corrected chi connectivity index (χ2v) is 14.1. The lowest BCUT2D eigenvalue weighted by atomic mass is 9.68. The van der Waals surface area contributed by atoms with Crippen LogP contribution in [-0.2, 0) is 26.6 Å². The summed E-state index contributed by atoms with van der Waals surface area (Å²) in [7, 11) is -0.737. The molecule has 6 rings (SSSR count). The number of anilines is 1. The fourth-order valence-corrected chi connectivity index (χ4v) is 8.26. The number of carbonyl (C=O) groups excluding carboxylic acids is 1. The molecule has 220 valence electrons. The molecule has 1 saturated carbocycles. The van der Waals surface area contributed by atoms with E-state index in [-0.39, 0.29) is 16.4 Å². The summed E-state index contributed by atoms with van der Waals surface area (Å²) in [5, 5.41) is 0.738. The number of benzene rings is 2. The quantitative estimate of drug-likeness (QED) is 0.457. The highest BCUT2D eigenvalue weighted by Crippen LogP contribution is 2.47. The number of sulfonamides is 1. The maximum Gasteiger partial charge on any atom is 0.331 e. The van der Waals surface area contributed by atoms with E-state index < -0.39 is 16.1 Å². The lowest BCUT2D eigenvalue weighted by Gasteiger charge is -2.46. The van der Waals surface area contributed by atoms with Gasteiger partial charge in [0.15, 0.2) is 0 Å². The zero-order valence-electron chi connectivity index (χ0n) is 23.6. The second-order valence-electron chi connectivity index (χ2n) is 12.0. The van der Waals surface area contributed by atoms with E-state index in [2.05, 4.69) is 27.8 Å². The first-order valence-corrected chi connectivity index (χ1v) is 16.3. The van der Waals surface area contributed by atoms with Crippen molar-refractivity contribution in [1.29, 1.82) is 0 Å². The largest absolute Gasteiger partial charge is 0.490 e. The minimum absolute atomic E-state index is 0.0123. The number of nitrogens with zero attached hydrogens (tertiary/aromatic N) is 2. The van der Waals surface area contributed by atoms with E-state index in [1.54, 1.807) is 26.3 Å². The van der Waals surface area contributed by atoms with Crippen LogP contribution in [0, 0.1) is 11.8 Å². The summed E-state index contributed by atoms with van der Waals surface area (Å²) in [6.07, 6.45) is 9.87. The monoisotopic (exact) mass is 599 g/mol. The molecule has 1 N–H and O–H groups in total. The van der Waals surface area contributed by atoms with E-state index in [0.717, 1.165) is 49.4 Å². The number of urea groups is 1. The molecule has 0 radical (unpaired) electrons. The van der Waals surface area contributed by atoms with Gasteiger partial charge in [0.1, 0.15) is 5.75 Å². The molecule has 10 heteroatoms. The standard InChI is InChI=1S/C31H38ClN3O5S/c1-34-15-4-3-7-28(39-2)25-11-8-22(25)18-35-19-31(14-5-6-21-16-23(32)9-12-26(21)31)20-40-29-13-10-24(17-27(29)35)41(37,38)33-30(34)36/h3,7,9-10,12-13,16-17,22,25,28H,4-6,8,11,14-15,18-20H2,1-2H3,(H,33,36)/b7-3-/t22-,25+,28+,31-/m0/s1. The fraction of sp³-hybridized carbons (Fsp3) is 0.516. The van der Waals surface area contributed by atoms with Gasteiger partial charge in [-0.2, -0.15) is 0 Å². The highest BCUT2D eigenvalue weighted by Gasteiger charge is 2.44. The van der Waals surface area contributed by atoms with Crippen molar-refractivity contribution in [2.45, 2.75) is 54.9 Å². The van der Waals surface area contributed by atoms with Gasteiger partial charge in [0.2, 0.25) is 0 Å². The van der Waals surface area contributed by atoms with Crippen LogP contribution in [0.25, 0.3) is 0 Å². The molecule has 1 fully saturated rings. The number of methoxy groups -OCH3 is 1. The zero-order chi connectivity index (χ0) is 28.8. The Morgan fingerprint density at radius 3 is 2.80 bits per heavy atom. The summed E-state index contributed by atoms with van der Waals surface area (Å²) in [6, 6.07) is 10.5. The Bertz CT molecular complexity index is 1460. The third-order valence-corrected chi connectivity index (χ3v) is 11.0. The Hall–Kier alpha value is -2.75. The number of fused-ring (bicyclic) bond motifs is 4. The molecule has 2 aromatic carbocycles. The van der Waals surface area contributed by atoms with Crippen LogP contribution < -0.4 is 14.4 Å². The Labute approximate surface area is 247 Å². The molecule has 1 spiro atoms. The summed E-state index contributed by atoms with van der Waals surface area (Å²) in [6.45, 7) is 2.35. The van der Waals surface area contributed by atoms with Gasteiger partial charge in [-0.05, 0) is 91.8 Å². The molecule has 0 unspecified atom stereocenters. The summed E-state index contributed by atoms with van der Waals surface area (Å²) in [5.41, 5.74) is 3.01. The van der Waals surface area contributed by atoms with Crippen LogP contribution in [0.2, 0.25) is 5.02 Å². The predicted molar refractivity (Wildman–Crippen MR) is 159 cm³/mol. The highest BCUT2D eigenvalue weighted by molar-refractivity contribution is 7.90. The van der Waals surface area contributed by atoms with Crippen LogP contribution in [0.1, 0.15) is 43.2 Å². The van der Waals surface area contributed by atoms with Gasteiger partial charge in [-0.15, -0.1) is 0 Å². The van der Waals surface area contributed by atoms with E-state index in [1.165, 1.54) is 22.1 Å². The van der Waals surface area contributed by atoms with E-state index in [0.29, 0.717) is 43.7 Å². The Kier molecular flexibility index (Phi) is 7.72. The Morgan fingerprint density at radius 2 is 2.02 bits per heavy atom. The SMILES string of the molecule is CO[C@@H]1/C=C\CCN(C)C(=O)NS(=O)(=O)c2ccc3c(c2)N(C[C@@H]2CC[C@H]21)C[C@@]1(CCCc2cc(Cl)ccc21)CO3. The van der Waals surface area contributed by atoms with Gasteiger partial charge < -0.3 is 19.3 Å². The lowest BCUT2D eigenvalue weighted by molar-refractivity contribution is 0.0131. The number of hydrogen-bond donors (Lipinski definition) is 1. The van der Waals surface area contributed by atoms with Gasteiger partial charge in [-0.25, -0.2) is 17.9 Å². The maximum absolute atomic E-state index is 13.4. The number of amides is 2. The van der Waals surface area contributed by atoms with E-state index in [1.807, 2.05) is 12.1 Å². The molecule has 0 aromatic heterocycles. The van der Waals surface area contributed by atoms with Gasteiger partial charge in [-0.1, -0.05) is 29.8 Å². The van der Waals surface area contributed by atoms with Crippen molar-refractivity contribution in [3.05, 3.63) is 64.7 Å². The molecule has 4 aliphatic rings. The van der Waals surface area contributed by atoms with Gasteiger partial charge in [-0.3, -0.25) is 0 Å². The smallest absolute Gasteiger partial charge is 0.331 e. The Morgan fingerprint density at radius 1 is 1.17 bits per heavy atom. The van der Waals surface area contributed by atoms with Crippen molar-refractivity contribution < 1.29 is 22.7 Å². The van der Waals surface area contributed by atoms with Crippen LogP contribution in [0.4, 0.5) is 10.5 Å². The minimum atomic E-state index is -4.09. The van der Waals surface area contributed by atoms with Crippen LogP contribution in [-0.4, -0.2) is 65.9 Å². The van der Waals surface area contributed by atoms with Gasteiger partial charge in [0, 0.05) is 44.2 Å². The van der Waals surface area contributed by atoms with Gasteiger partial charge >= 0.3 is 6.03 Å². The fourth-order valence-electron chi connectivity index (χ4n) is 7.05. The number of nitrogens with one attached hydrogen (secondary N) is 1. The van der Waals surface area contributed by atoms with Crippen molar-refractivity contribution in [2.75, 3.05) is 45.3 Å².